The molecule has 100 valence electrons. The molecule has 0 saturated heterocycles. The SMILES string of the molecule is CCNc1nnc(C(=O)NCC(=O)NC(C)C)s1. The summed E-state index contributed by atoms with van der Waals surface area (Å²) in [4.78, 5) is 23.0. The van der Waals surface area contributed by atoms with E-state index in [0.717, 1.165) is 11.3 Å². The van der Waals surface area contributed by atoms with Gasteiger partial charge in [-0.25, -0.2) is 0 Å². The number of hydrogen-bond donors (Lipinski definition) is 3. The van der Waals surface area contributed by atoms with Gasteiger partial charge >= 0.3 is 0 Å². The van der Waals surface area contributed by atoms with Crippen LogP contribution in [-0.4, -0.2) is 41.1 Å². The zero-order chi connectivity index (χ0) is 13.5. The van der Waals surface area contributed by atoms with Crippen LogP contribution in [0, 0.1) is 0 Å². The Hall–Kier alpha value is -1.70. The van der Waals surface area contributed by atoms with Gasteiger partial charge in [0, 0.05) is 12.6 Å². The minimum absolute atomic E-state index is 0.0521. The van der Waals surface area contributed by atoms with E-state index in [0.29, 0.717) is 11.7 Å². The Morgan fingerprint density at radius 3 is 2.67 bits per heavy atom. The predicted octanol–water partition coefficient (Wildman–Crippen LogP) is 0.224. The summed E-state index contributed by atoms with van der Waals surface area (Å²) in [5, 5.41) is 16.5. The van der Waals surface area contributed by atoms with E-state index in [9.17, 15) is 9.59 Å². The van der Waals surface area contributed by atoms with Gasteiger partial charge in [-0.1, -0.05) is 11.3 Å². The van der Waals surface area contributed by atoms with Crippen molar-refractivity contribution < 1.29 is 9.59 Å². The number of amides is 2. The molecular formula is C10H17N5O2S. The average Bonchev–Trinajstić information content (AvgIpc) is 2.74. The van der Waals surface area contributed by atoms with Gasteiger partial charge in [0.2, 0.25) is 16.0 Å². The zero-order valence-corrected chi connectivity index (χ0v) is 11.4. The number of nitrogens with one attached hydrogen (secondary N) is 3. The van der Waals surface area contributed by atoms with E-state index in [1.54, 1.807) is 0 Å². The number of nitrogens with zero attached hydrogens (tertiary/aromatic N) is 2. The molecule has 0 unspecified atom stereocenters. The molecule has 8 heteroatoms. The van der Waals surface area contributed by atoms with E-state index in [2.05, 4.69) is 26.1 Å². The van der Waals surface area contributed by atoms with E-state index >= 15 is 0 Å². The van der Waals surface area contributed by atoms with Crippen LogP contribution in [0.3, 0.4) is 0 Å². The van der Waals surface area contributed by atoms with Crippen LogP contribution >= 0.6 is 11.3 Å². The van der Waals surface area contributed by atoms with Crippen molar-refractivity contribution in [2.75, 3.05) is 18.4 Å². The molecule has 0 bridgehead atoms. The molecule has 0 radical (unpaired) electrons. The van der Waals surface area contributed by atoms with Crippen LogP contribution in [0.15, 0.2) is 0 Å². The fourth-order valence-electron chi connectivity index (χ4n) is 1.15. The van der Waals surface area contributed by atoms with Crippen molar-refractivity contribution in [2.24, 2.45) is 0 Å². The van der Waals surface area contributed by atoms with Crippen LogP contribution in [0.4, 0.5) is 5.13 Å². The molecule has 0 saturated carbocycles. The van der Waals surface area contributed by atoms with Crippen molar-refractivity contribution in [3.63, 3.8) is 0 Å². The summed E-state index contributed by atoms with van der Waals surface area (Å²) < 4.78 is 0. The summed E-state index contributed by atoms with van der Waals surface area (Å²) >= 11 is 1.15. The van der Waals surface area contributed by atoms with Crippen molar-refractivity contribution in [3.8, 4) is 0 Å². The Labute approximate surface area is 109 Å². The summed E-state index contributed by atoms with van der Waals surface area (Å²) in [6.07, 6.45) is 0. The predicted molar refractivity (Wildman–Crippen MR) is 69.7 cm³/mol. The first-order chi connectivity index (χ1) is 8.52. The summed E-state index contributed by atoms with van der Waals surface area (Å²) in [6.45, 7) is 6.29. The van der Waals surface area contributed by atoms with Gasteiger partial charge in [-0.05, 0) is 20.8 Å². The van der Waals surface area contributed by atoms with E-state index in [1.807, 2.05) is 20.8 Å². The lowest BCUT2D eigenvalue weighted by atomic mass is 10.4. The minimum atomic E-state index is -0.393. The molecular weight excluding hydrogens is 254 g/mol. The largest absolute Gasteiger partial charge is 0.360 e. The zero-order valence-electron chi connectivity index (χ0n) is 10.6. The lowest BCUT2D eigenvalue weighted by Gasteiger charge is -2.08. The first-order valence-electron chi connectivity index (χ1n) is 5.67. The van der Waals surface area contributed by atoms with Crippen LogP contribution < -0.4 is 16.0 Å². The van der Waals surface area contributed by atoms with Crippen molar-refractivity contribution in [3.05, 3.63) is 5.01 Å². The van der Waals surface area contributed by atoms with Gasteiger partial charge in [0.15, 0.2) is 0 Å². The molecule has 0 aromatic carbocycles. The molecule has 0 fully saturated rings. The van der Waals surface area contributed by atoms with Crippen LogP contribution in [0.25, 0.3) is 0 Å². The van der Waals surface area contributed by atoms with Gasteiger partial charge in [-0.15, -0.1) is 10.2 Å². The van der Waals surface area contributed by atoms with E-state index in [4.69, 9.17) is 0 Å². The van der Waals surface area contributed by atoms with Gasteiger partial charge < -0.3 is 16.0 Å². The highest BCUT2D eigenvalue weighted by Crippen LogP contribution is 2.14. The van der Waals surface area contributed by atoms with Crippen molar-refractivity contribution in [1.29, 1.82) is 0 Å². The Bertz CT molecular complexity index is 418. The highest BCUT2D eigenvalue weighted by Gasteiger charge is 2.13. The Morgan fingerprint density at radius 1 is 1.33 bits per heavy atom. The minimum Gasteiger partial charge on any atom is -0.360 e. The maximum absolute atomic E-state index is 11.6. The van der Waals surface area contributed by atoms with Gasteiger partial charge in [-0.3, -0.25) is 9.59 Å². The summed E-state index contributed by atoms with van der Waals surface area (Å²) in [5.41, 5.74) is 0. The Kier molecular flexibility index (Phi) is 5.50. The lowest BCUT2D eigenvalue weighted by molar-refractivity contribution is -0.120. The standard InChI is InChI=1S/C10H17N5O2S/c1-4-11-10-15-14-9(18-10)8(17)12-5-7(16)13-6(2)3/h6H,4-5H2,1-3H3,(H,11,15)(H,12,17)(H,13,16). The van der Waals surface area contributed by atoms with E-state index < -0.39 is 5.91 Å². The summed E-state index contributed by atoms with van der Waals surface area (Å²) in [7, 11) is 0. The topological polar surface area (TPSA) is 96.0 Å². The molecule has 0 spiro atoms. The second-order valence-corrected chi connectivity index (χ2v) is 4.83. The highest BCUT2D eigenvalue weighted by molar-refractivity contribution is 7.17. The summed E-state index contributed by atoms with van der Waals surface area (Å²) in [5.74, 6) is -0.620. The molecule has 18 heavy (non-hydrogen) atoms. The molecule has 1 rings (SSSR count). The molecule has 3 N–H and O–H groups in total. The smallest absolute Gasteiger partial charge is 0.282 e. The number of carbonyl (C=O) groups excluding carboxylic acids is 2. The van der Waals surface area contributed by atoms with Crippen LogP contribution in [0.5, 0.6) is 0 Å². The normalized spacial score (nSPS) is 10.2. The number of hydrogen-bond acceptors (Lipinski definition) is 6. The third-order valence-electron chi connectivity index (χ3n) is 1.81. The molecule has 1 aromatic heterocycles. The number of anilines is 1. The lowest BCUT2D eigenvalue weighted by Crippen LogP contribution is -2.39. The Balaban J connectivity index is 2.42. The van der Waals surface area contributed by atoms with Crippen LogP contribution in [0.2, 0.25) is 0 Å². The molecule has 0 aliphatic carbocycles. The monoisotopic (exact) mass is 271 g/mol. The third-order valence-corrected chi connectivity index (χ3v) is 2.69. The first kappa shape index (κ1) is 14.4. The second kappa shape index (κ2) is 6.90. The van der Waals surface area contributed by atoms with Gasteiger partial charge in [0.1, 0.15) is 0 Å². The van der Waals surface area contributed by atoms with Crippen molar-refractivity contribution in [1.82, 2.24) is 20.8 Å². The average molecular weight is 271 g/mol. The van der Waals surface area contributed by atoms with Gasteiger partial charge in [0.05, 0.1) is 6.54 Å². The molecule has 1 heterocycles. The quantitative estimate of drug-likeness (QED) is 0.688. The second-order valence-electron chi connectivity index (χ2n) is 3.85. The van der Waals surface area contributed by atoms with Gasteiger partial charge in [-0.2, -0.15) is 0 Å². The fourth-order valence-corrected chi connectivity index (χ4v) is 1.87. The van der Waals surface area contributed by atoms with Crippen molar-refractivity contribution >= 4 is 28.3 Å². The fraction of sp³-hybridized carbons (Fsp3) is 0.600. The van der Waals surface area contributed by atoms with E-state index in [-0.39, 0.29) is 23.5 Å². The van der Waals surface area contributed by atoms with E-state index in [1.165, 1.54) is 0 Å². The maximum Gasteiger partial charge on any atom is 0.282 e. The highest BCUT2D eigenvalue weighted by atomic mass is 32.1. The number of aromatic nitrogens is 2. The number of rotatable bonds is 6. The number of carbonyl (C=O) groups is 2. The Morgan fingerprint density at radius 2 is 2.06 bits per heavy atom. The molecule has 1 aromatic rings. The first-order valence-corrected chi connectivity index (χ1v) is 6.49. The maximum atomic E-state index is 11.6. The molecule has 0 aliphatic rings. The molecule has 0 aliphatic heterocycles. The summed E-state index contributed by atoms with van der Waals surface area (Å²) in [6, 6.07) is 0.0521. The van der Waals surface area contributed by atoms with Crippen molar-refractivity contribution in [2.45, 2.75) is 26.8 Å². The molecule has 7 nitrogen and oxygen atoms in total. The van der Waals surface area contributed by atoms with Crippen LogP contribution in [-0.2, 0) is 4.79 Å². The third kappa shape index (κ3) is 4.66. The molecule has 0 atom stereocenters. The van der Waals surface area contributed by atoms with Crippen LogP contribution in [0.1, 0.15) is 30.6 Å². The molecule has 2 amide bonds. The van der Waals surface area contributed by atoms with Gasteiger partial charge in [0.25, 0.3) is 5.91 Å².